The maximum Gasteiger partial charge on any atom is 0.0929 e. The quantitative estimate of drug-likeness (QED) is 0.364. The molecule has 1 heterocycles. The third-order valence-electron chi connectivity index (χ3n) is 6.75. The van der Waals surface area contributed by atoms with E-state index in [4.69, 9.17) is 0 Å². The van der Waals surface area contributed by atoms with Crippen molar-refractivity contribution in [2.75, 3.05) is 0 Å². The van der Waals surface area contributed by atoms with Gasteiger partial charge in [-0.25, -0.2) is 0 Å². The van der Waals surface area contributed by atoms with Gasteiger partial charge in [0.05, 0.1) is 11.4 Å². The van der Waals surface area contributed by atoms with Crippen molar-refractivity contribution < 1.29 is 0 Å². The van der Waals surface area contributed by atoms with Gasteiger partial charge in [0.2, 0.25) is 0 Å². The van der Waals surface area contributed by atoms with Crippen LogP contribution in [0.25, 0.3) is 11.3 Å². The lowest BCUT2D eigenvalue weighted by Crippen LogP contribution is -2.15. The summed E-state index contributed by atoms with van der Waals surface area (Å²) < 4.78 is 0. The van der Waals surface area contributed by atoms with E-state index in [2.05, 4.69) is 60.4 Å². The molecule has 0 bridgehead atoms. The standard InChI is InChI=1S/C27H40N2/c1-3-5-6-7-9-22-10-12-23(13-11-22)14-15-24-16-18-25(19-17-24)27-21-20-26(8-4-2)28-29-27/h16-23H,3-15H2,1-2H3. The third-order valence-corrected chi connectivity index (χ3v) is 6.75. The van der Waals surface area contributed by atoms with E-state index in [1.54, 1.807) is 0 Å². The molecule has 2 heteroatoms. The van der Waals surface area contributed by atoms with Crippen LogP contribution in [0.2, 0.25) is 0 Å². The van der Waals surface area contributed by atoms with Crippen LogP contribution in [0.15, 0.2) is 36.4 Å². The van der Waals surface area contributed by atoms with Crippen molar-refractivity contribution in [3.05, 3.63) is 47.7 Å². The summed E-state index contributed by atoms with van der Waals surface area (Å²) in [6.45, 7) is 4.48. The van der Waals surface area contributed by atoms with Gasteiger partial charge in [-0.15, -0.1) is 0 Å². The molecule has 0 radical (unpaired) electrons. The minimum Gasteiger partial charge on any atom is -0.155 e. The fourth-order valence-corrected chi connectivity index (χ4v) is 4.78. The van der Waals surface area contributed by atoms with Crippen LogP contribution in [-0.4, -0.2) is 10.2 Å². The lowest BCUT2D eigenvalue weighted by atomic mass is 9.77. The summed E-state index contributed by atoms with van der Waals surface area (Å²) in [5.41, 5.74) is 4.70. The van der Waals surface area contributed by atoms with Crippen molar-refractivity contribution in [1.29, 1.82) is 0 Å². The van der Waals surface area contributed by atoms with E-state index in [-0.39, 0.29) is 0 Å². The number of benzene rings is 1. The maximum absolute atomic E-state index is 4.41. The topological polar surface area (TPSA) is 25.8 Å². The summed E-state index contributed by atoms with van der Waals surface area (Å²) in [4.78, 5) is 0. The van der Waals surface area contributed by atoms with Crippen molar-refractivity contribution in [2.45, 2.75) is 97.3 Å². The Balaban J connectivity index is 1.39. The molecule has 2 nitrogen and oxygen atoms in total. The SMILES string of the molecule is CCCCCCC1CCC(CCc2ccc(-c3ccc(CCC)nn3)cc2)CC1. The van der Waals surface area contributed by atoms with Crippen molar-refractivity contribution in [3.63, 3.8) is 0 Å². The highest BCUT2D eigenvalue weighted by molar-refractivity contribution is 5.58. The molecule has 3 rings (SSSR count). The lowest BCUT2D eigenvalue weighted by molar-refractivity contribution is 0.249. The highest BCUT2D eigenvalue weighted by Gasteiger charge is 2.20. The van der Waals surface area contributed by atoms with Gasteiger partial charge in [-0.3, -0.25) is 0 Å². The lowest BCUT2D eigenvalue weighted by Gasteiger charge is -2.28. The molecule has 1 aromatic carbocycles. The molecule has 0 saturated heterocycles. The minimum atomic E-state index is 0.943. The van der Waals surface area contributed by atoms with Crippen molar-refractivity contribution >= 4 is 0 Å². The van der Waals surface area contributed by atoms with Crippen LogP contribution in [0, 0.1) is 11.8 Å². The average Bonchev–Trinajstić information content (AvgIpc) is 2.77. The Kier molecular flexibility index (Phi) is 9.18. The van der Waals surface area contributed by atoms with Crippen LogP contribution in [-0.2, 0) is 12.8 Å². The predicted molar refractivity (Wildman–Crippen MR) is 124 cm³/mol. The number of hydrogen-bond donors (Lipinski definition) is 0. The van der Waals surface area contributed by atoms with E-state index < -0.39 is 0 Å². The van der Waals surface area contributed by atoms with Crippen LogP contribution < -0.4 is 0 Å². The Bertz CT molecular complexity index is 681. The molecule has 158 valence electrons. The number of unbranched alkanes of at least 4 members (excludes halogenated alkanes) is 3. The van der Waals surface area contributed by atoms with Crippen LogP contribution in [0.4, 0.5) is 0 Å². The predicted octanol–water partition coefficient (Wildman–Crippen LogP) is 7.81. The molecule has 0 N–H and O–H groups in total. The van der Waals surface area contributed by atoms with E-state index >= 15 is 0 Å². The van der Waals surface area contributed by atoms with Crippen LogP contribution >= 0.6 is 0 Å². The van der Waals surface area contributed by atoms with Crippen LogP contribution in [0.3, 0.4) is 0 Å². The molecule has 0 atom stereocenters. The van der Waals surface area contributed by atoms with Crippen LogP contribution in [0.5, 0.6) is 0 Å². The highest BCUT2D eigenvalue weighted by atomic mass is 15.1. The first-order valence-corrected chi connectivity index (χ1v) is 12.2. The summed E-state index contributed by atoms with van der Waals surface area (Å²) >= 11 is 0. The first kappa shape index (κ1) is 22.0. The summed E-state index contributed by atoms with van der Waals surface area (Å²) in [6, 6.07) is 13.2. The third kappa shape index (κ3) is 7.24. The molecule has 1 saturated carbocycles. The van der Waals surface area contributed by atoms with E-state index in [0.717, 1.165) is 36.1 Å². The summed E-state index contributed by atoms with van der Waals surface area (Å²) in [7, 11) is 0. The van der Waals surface area contributed by atoms with Gasteiger partial charge in [0.1, 0.15) is 0 Å². The molecule has 1 fully saturated rings. The fourth-order valence-electron chi connectivity index (χ4n) is 4.78. The molecule has 0 aliphatic heterocycles. The summed E-state index contributed by atoms with van der Waals surface area (Å²) in [5, 5.41) is 8.75. The van der Waals surface area contributed by atoms with Gasteiger partial charge < -0.3 is 0 Å². The Labute approximate surface area is 178 Å². The molecule has 2 aromatic rings. The molecule has 1 aliphatic carbocycles. The van der Waals surface area contributed by atoms with E-state index in [0.29, 0.717) is 0 Å². The van der Waals surface area contributed by atoms with Crippen LogP contribution in [0.1, 0.15) is 95.7 Å². The second kappa shape index (κ2) is 12.1. The average molecular weight is 393 g/mol. The van der Waals surface area contributed by atoms with Gasteiger partial charge in [-0.2, -0.15) is 10.2 Å². The van der Waals surface area contributed by atoms with Crippen molar-refractivity contribution in [3.8, 4) is 11.3 Å². The maximum atomic E-state index is 4.41. The Morgan fingerprint density at radius 1 is 0.690 bits per heavy atom. The molecule has 0 amide bonds. The monoisotopic (exact) mass is 392 g/mol. The second-order valence-electron chi connectivity index (χ2n) is 9.13. The van der Waals surface area contributed by atoms with Gasteiger partial charge in [-0.05, 0) is 48.8 Å². The van der Waals surface area contributed by atoms with Crippen molar-refractivity contribution in [2.24, 2.45) is 11.8 Å². The minimum absolute atomic E-state index is 0.943. The Morgan fingerprint density at radius 3 is 2.03 bits per heavy atom. The molecular formula is C27H40N2. The van der Waals surface area contributed by atoms with E-state index in [1.807, 2.05) is 0 Å². The normalized spacial score (nSPS) is 19.4. The van der Waals surface area contributed by atoms with Gasteiger partial charge in [0.15, 0.2) is 0 Å². The fraction of sp³-hybridized carbons (Fsp3) is 0.630. The number of nitrogens with zero attached hydrogens (tertiary/aromatic N) is 2. The largest absolute Gasteiger partial charge is 0.155 e. The molecular weight excluding hydrogens is 352 g/mol. The zero-order chi connectivity index (χ0) is 20.3. The number of aromatic nitrogens is 2. The van der Waals surface area contributed by atoms with E-state index in [1.165, 1.54) is 81.8 Å². The highest BCUT2D eigenvalue weighted by Crippen LogP contribution is 2.34. The molecule has 29 heavy (non-hydrogen) atoms. The van der Waals surface area contributed by atoms with Gasteiger partial charge >= 0.3 is 0 Å². The van der Waals surface area contributed by atoms with Gasteiger partial charge in [0.25, 0.3) is 0 Å². The molecule has 1 aliphatic rings. The van der Waals surface area contributed by atoms with Gasteiger partial charge in [-0.1, -0.05) is 102 Å². The zero-order valence-electron chi connectivity index (χ0n) is 18.7. The van der Waals surface area contributed by atoms with E-state index in [9.17, 15) is 0 Å². The van der Waals surface area contributed by atoms with Crippen molar-refractivity contribution in [1.82, 2.24) is 10.2 Å². The number of aryl methyl sites for hydroxylation is 2. The summed E-state index contributed by atoms with van der Waals surface area (Å²) in [6.07, 6.45) is 17.7. The van der Waals surface area contributed by atoms with Gasteiger partial charge in [0, 0.05) is 5.56 Å². The number of rotatable bonds is 11. The second-order valence-corrected chi connectivity index (χ2v) is 9.13. The smallest absolute Gasteiger partial charge is 0.0929 e. The Morgan fingerprint density at radius 2 is 1.41 bits per heavy atom. The molecule has 0 spiro atoms. The number of hydrogen-bond acceptors (Lipinski definition) is 2. The first-order valence-electron chi connectivity index (χ1n) is 12.2. The zero-order valence-corrected chi connectivity index (χ0v) is 18.7. The Hall–Kier alpha value is -1.70. The first-order chi connectivity index (χ1) is 14.3. The molecule has 0 unspecified atom stereocenters. The summed E-state index contributed by atoms with van der Waals surface area (Å²) in [5.74, 6) is 1.96. The molecule has 1 aromatic heterocycles.